The molecule has 0 radical (unpaired) electrons. The third-order valence-corrected chi connectivity index (χ3v) is 5.73. The molecule has 3 aromatic rings. The maximum Gasteiger partial charge on any atom is 0.328 e. The molecule has 0 atom stereocenters. The predicted octanol–water partition coefficient (Wildman–Crippen LogP) is 3.63. The van der Waals surface area contributed by atoms with Gasteiger partial charge in [-0.05, 0) is 26.0 Å². The van der Waals surface area contributed by atoms with E-state index in [1.165, 1.54) is 0 Å². The number of furan rings is 1. The van der Waals surface area contributed by atoms with Crippen LogP contribution in [-0.2, 0) is 16.1 Å². The highest BCUT2D eigenvalue weighted by Gasteiger charge is 2.21. The molecule has 0 bridgehead atoms. The van der Waals surface area contributed by atoms with E-state index in [2.05, 4.69) is 47.5 Å². The van der Waals surface area contributed by atoms with Gasteiger partial charge in [0.25, 0.3) is 0 Å². The van der Waals surface area contributed by atoms with Crippen LogP contribution in [-0.4, -0.2) is 81.3 Å². The summed E-state index contributed by atoms with van der Waals surface area (Å²) < 4.78 is 5.99. The van der Waals surface area contributed by atoms with Crippen molar-refractivity contribution in [2.75, 3.05) is 54.8 Å². The van der Waals surface area contributed by atoms with Gasteiger partial charge in [0.2, 0.25) is 17.8 Å². The van der Waals surface area contributed by atoms with Crippen molar-refractivity contribution < 1.29 is 24.2 Å². The molecule has 1 aliphatic heterocycles. The van der Waals surface area contributed by atoms with Gasteiger partial charge in [-0.25, -0.2) is 9.59 Å². The number of hydrogen-bond donors (Lipinski definition) is 4. The minimum absolute atomic E-state index is 0.558. The Balaban J connectivity index is 0.000000482. The number of hydrogen-bond acceptors (Lipinski definition) is 10. The number of carbonyl (C=O) groups is 2. The molecule has 0 aliphatic carbocycles. The largest absolute Gasteiger partial charge is 0.478 e. The zero-order chi connectivity index (χ0) is 28.7. The maximum atomic E-state index is 9.55. The Kier molecular flexibility index (Phi) is 11.7. The molecule has 1 aliphatic rings. The van der Waals surface area contributed by atoms with Crippen LogP contribution in [0.1, 0.15) is 19.6 Å². The molecule has 1 saturated heterocycles. The van der Waals surface area contributed by atoms with Crippen molar-refractivity contribution in [3.05, 3.63) is 72.5 Å². The fourth-order valence-electron chi connectivity index (χ4n) is 3.78. The number of rotatable bonds is 11. The number of nitrogens with zero attached hydrogens (tertiary/aromatic N) is 5. The lowest BCUT2D eigenvalue weighted by molar-refractivity contribution is -0.134. The summed E-state index contributed by atoms with van der Waals surface area (Å²) in [7, 11) is 0. The smallest absolute Gasteiger partial charge is 0.328 e. The van der Waals surface area contributed by atoms with Crippen molar-refractivity contribution in [2.45, 2.75) is 20.4 Å². The molecule has 1 aromatic carbocycles. The second-order valence-electron chi connectivity index (χ2n) is 8.71. The molecule has 2 aromatic heterocycles. The molecule has 212 valence electrons. The van der Waals surface area contributed by atoms with E-state index in [1.807, 2.05) is 56.4 Å². The number of allylic oxidation sites excluding steroid dienone is 2. The first kappa shape index (κ1) is 29.8. The van der Waals surface area contributed by atoms with Gasteiger partial charge >= 0.3 is 11.9 Å². The van der Waals surface area contributed by atoms with Gasteiger partial charge in [-0.1, -0.05) is 42.5 Å². The van der Waals surface area contributed by atoms with Crippen molar-refractivity contribution in [1.29, 1.82) is 0 Å². The fourth-order valence-corrected chi connectivity index (χ4v) is 3.78. The van der Waals surface area contributed by atoms with E-state index >= 15 is 0 Å². The number of nitrogens with one attached hydrogen (secondary N) is 2. The van der Waals surface area contributed by atoms with Crippen LogP contribution in [0.4, 0.5) is 17.8 Å². The molecule has 3 heterocycles. The monoisotopic (exact) mass is 549 g/mol. The summed E-state index contributed by atoms with van der Waals surface area (Å²) in [6.07, 6.45) is 9.19. The SMILES string of the molecule is C/C=C/CNc1nc(NC/C=C/C)nc(N2CCN(Cc3cc4ccccc4o3)CC2)n1.O=C(O)/C=C/C(=O)O. The Labute approximate surface area is 232 Å². The standard InChI is InChI=1S/C24H31N7O.C4H4O4/c1-3-5-11-25-22-27-23(26-12-6-4-2)29-24(28-22)31-15-13-30(14-16-31)18-20-17-19-9-7-8-10-21(19)32-20;5-3(6)1-2-4(7)8/h3-10,17H,11-16,18H2,1-2H3,(H2,25,26,27,28,29);1-2H,(H,5,6)(H,7,8)/b5-3+,6-4+;2-1+. The van der Waals surface area contributed by atoms with Gasteiger partial charge in [0.15, 0.2) is 0 Å². The minimum atomic E-state index is -1.26. The highest BCUT2D eigenvalue weighted by atomic mass is 16.4. The number of carboxylic acids is 2. The van der Waals surface area contributed by atoms with Crippen LogP contribution in [0, 0.1) is 0 Å². The lowest BCUT2D eigenvalue weighted by atomic mass is 10.2. The Bertz CT molecular complexity index is 1260. The molecule has 0 spiro atoms. The second-order valence-corrected chi connectivity index (χ2v) is 8.71. The zero-order valence-corrected chi connectivity index (χ0v) is 22.7. The number of para-hydroxylation sites is 1. The van der Waals surface area contributed by atoms with E-state index in [1.54, 1.807) is 0 Å². The molecule has 12 nitrogen and oxygen atoms in total. The van der Waals surface area contributed by atoms with E-state index in [9.17, 15) is 9.59 Å². The number of anilines is 3. The van der Waals surface area contributed by atoms with Gasteiger partial charge in [0, 0.05) is 56.8 Å². The molecule has 0 amide bonds. The lowest BCUT2D eigenvalue weighted by Crippen LogP contribution is -2.46. The van der Waals surface area contributed by atoms with Crippen molar-refractivity contribution in [3.8, 4) is 0 Å². The molecule has 4 N–H and O–H groups in total. The number of aliphatic carboxylic acids is 2. The van der Waals surface area contributed by atoms with Crippen LogP contribution < -0.4 is 15.5 Å². The maximum absolute atomic E-state index is 9.55. The van der Waals surface area contributed by atoms with Gasteiger partial charge in [0.05, 0.1) is 6.54 Å². The van der Waals surface area contributed by atoms with Crippen LogP contribution in [0.25, 0.3) is 11.0 Å². The summed E-state index contributed by atoms with van der Waals surface area (Å²) in [6, 6.07) is 10.3. The number of fused-ring (bicyclic) bond motifs is 1. The summed E-state index contributed by atoms with van der Waals surface area (Å²) in [5.74, 6) is 0.362. The fraction of sp³-hybridized carbons (Fsp3) is 0.321. The lowest BCUT2D eigenvalue weighted by Gasteiger charge is -2.34. The normalized spacial score (nSPS) is 14.1. The van der Waals surface area contributed by atoms with Crippen molar-refractivity contribution in [1.82, 2.24) is 19.9 Å². The highest BCUT2D eigenvalue weighted by Crippen LogP contribution is 2.21. The Morgan fingerprint density at radius 3 is 2.00 bits per heavy atom. The molecule has 0 unspecified atom stereocenters. The first-order valence-electron chi connectivity index (χ1n) is 12.9. The molecular formula is C28H35N7O5. The third kappa shape index (κ3) is 9.87. The molecule has 1 fully saturated rings. The summed E-state index contributed by atoms with van der Waals surface area (Å²) in [5, 5.41) is 23.3. The van der Waals surface area contributed by atoms with Crippen molar-refractivity contribution in [3.63, 3.8) is 0 Å². The van der Waals surface area contributed by atoms with Crippen LogP contribution in [0.5, 0.6) is 0 Å². The van der Waals surface area contributed by atoms with E-state index in [0.29, 0.717) is 43.1 Å². The Morgan fingerprint density at radius 2 is 1.48 bits per heavy atom. The molecular weight excluding hydrogens is 514 g/mol. The number of piperazine rings is 1. The topological polar surface area (TPSA) is 157 Å². The Morgan fingerprint density at radius 1 is 0.900 bits per heavy atom. The van der Waals surface area contributed by atoms with E-state index in [4.69, 9.17) is 14.6 Å². The Hall–Kier alpha value is -4.71. The summed E-state index contributed by atoms with van der Waals surface area (Å²) in [6.45, 7) is 9.71. The highest BCUT2D eigenvalue weighted by molar-refractivity contribution is 5.89. The van der Waals surface area contributed by atoms with Crippen LogP contribution in [0.2, 0.25) is 0 Å². The average Bonchev–Trinajstić information content (AvgIpc) is 3.35. The van der Waals surface area contributed by atoms with E-state index < -0.39 is 11.9 Å². The predicted molar refractivity (Wildman–Crippen MR) is 155 cm³/mol. The van der Waals surface area contributed by atoms with Crippen molar-refractivity contribution >= 4 is 40.8 Å². The number of benzene rings is 1. The van der Waals surface area contributed by atoms with Gasteiger partial charge in [-0.2, -0.15) is 15.0 Å². The molecule has 0 saturated carbocycles. The quantitative estimate of drug-likeness (QED) is 0.204. The zero-order valence-electron chi connectivity index (χ0n) is 22.7. The minimum Gasteiger partial charge on any atom is -0.478 e. The van der Waals surface area contributed by atoms with Gasteiger partial charge in [-0.3, -0.25) is 4.90 Å². The van der Waals surface area contributed by atoms with E-state index in [0.717, 1.165) is 49.5 Å². The number of carboxylic acid groups (broad SMARTS) is 2. The first-order valence-corrected chi connectivity index (χ1v) is 12.9. The van der Waals surface area contributed by atoms with Crippen LogP contribution in [0.3, 0.4) is 0 Å². The van der Waals surface area contributed by atoms with Gasteiger partial charge in [0.1, 0.15) is 11.3 Å². The molecule has 40 heavy (non-hydrogen) atoms. The third-order valence-electron chi connectivity index (χ3n) is 5.73. The first-order chi connectivity index (χ1) is 19.4. The summed E-state index contributed by atoms with van der Waals surface area (Å²) in [4.78, 5) is 37.6. The van der Waals surface area contributed by atoms with Gasteiger partial charge in [-0.15, -0.1) is 0 Å². The van der Waals surface area contributed by atoms with Crippen LogP contribution >= 0.6 is 0 Å². The summed E-state index contributed by atoms with van der Waals surface area (Å²) >= 11 is 0. The summed E-state index contributed by atoms with van der Waals surface area (Å²) in [5.41, 5.74) is 0.946. The van der Waals surface area contributed by atoms with Gasteiger partial charge < -0.3 is 30.2 Å². The van der Waals surface area contributed by atoms with Crippen molar-refractivity contribution in [2.24, 2.45) is 0 Å². The second kappa shape index (κ2) is 15.6. The average molecular weight is 550 g/mol. The number of aromatic nitrogens is 3. The van der Waals surface area contributed by atoms with Crippen LogP contribution in [0.15, 0.2) is 71.2 Å². The molecule has 12 heteroatoms. The van der Waals surface area contributed by atoms with E-state index in [-0.39, 0.29) is 0 Å². The molecule has 4 rings (SSSR count).